The van der Waals surface area contributed by atoms with Crippen molar-refractivity contribution in [2.24, 2.45) is 0 Å². The first-order valence-corrected chi connectivity index (χ1v) is 8.85. The molecule has 0 radical (unpaired) electrons. The van der Waals surface area contributed by atoms with E-state index < -0.39 is 26.6 Å². The summed E-state index contributed by atoms with van der Waals surface area (Å²) < 4.78 is 39.9. The normalized spacial score (nSPS) is 14.9. The summed E-state index contributed by atoms with van der Waals surface area (Å²) in [6.45, 7) is 2.59. The Hall–Kier alpha value is -2.32. The fraction of sp³-hybridized carbons (Fsp3) is 0.250. The first kappa shape index (κ1) is 16.5. The lowest BCUT2D eigenvalue weighted by atomic mass is 10.2. The number of halogens is 1. The minimum absolute atomic E-state index is 0.0544. The molecule has 24 heavy (non-hydrogen) atoms. The van der Waals surface area contributed by atoms with Crippen LogP contribution in [0.25, 0.3) is 0 Å². The first-order chi connectivity index (χ1) is 11.4. The number of rotatable bonds is 4. The SMILES string of the molecule is Cc1ccnc(NC(=O)c2ccc(F)c(S(=O)(=O)N3CCC3)c2)c1. The number of nitrogens with one attached hydrogen (secondary N) is 1. The largest absolute Gasteiger partial charge is 0.307 e. The Morgan fingerprint density at radius 1 is 1.25 bits per heavy atom. The van der Waals surface area contributed by atoms with E-state index in [0.717, 1.165) is 24.1 Å². The molecule has 1 amide bonds. The van der Waals surface area contributed by atoms with Gasteiger partial charge in [0, 0.05) is 24.8 Å². The second-order valence-corrected chi connectivity index (χ2v) is 7.48. The number of carbonyl (C=O) groups is 1. The van der Waals surface area contributed by atoms with Gasteiger partial charge in [0.05, 0.1) is 0 Å². The predicted molar refractivity (Wildman–Crippen MR) is 86.7 cm³/mol. The van der Waals surface area contributed by atoms with E-state index in [9.17, 15) is 17.6 Å². The highest BCUT2D eigenvalue weighted by Gasteiger charge is 2.32. The van der Waals surface area contributed by atoms with Gasteiger partial charge in [-0.3, -0.25) is 4.79 Å². The highest BCUT2D eigenvalue weighted by Crippen LogP contribution is 2.24. The van der Waals surface area contributed by atoms with Crippen LogP contribution in [0.5, 0.6) is 0 Å². The number of carbonyl (C=O) groups excluding carboxylic acids is 1. The Labute approximate surface area is 139 Å². The van der Waals surface area contributed by atoms with Gasteiger partial charge in [-0.2, -0.15) is 4.31 Å². The van der Waals surface area contributed by atoms with E-state index in [1.165, 1.54) is 10.4 Å². The summed E-state index contributed by atoms with van der Waals surface area (Å²) >= 11 is 0. The van der Waals surface area contributed by atoms with Crippen molar-refractivity contribution in [3.8, 4) is 0 Å². The quantitative estimate of drug-likeness (QED) is 0.917. The van der Waals surface area contributed by atoms with Gasteiger partial charge in [0.2, 0.25) is 10.0 Å². The average Bonchev–Trinajstić information content (AvgIpc) is 2.45. The Morgan fingerprint density at radius 2 is 2.00 bits per heavy atom. The van der Waals surface area contributed by atoms with Gasteiger partial charge >= 0.3 is 0 Å². The third-order valence-corrected chi connectivity index (χ3v) is 5.70. The molecule has 1 N–H and O–H groups in total. The minimum Gasteiger partial charge on any atom is -0.307 e. The Bertz CT molecular complexity index is 895. The zero-order valence-electron chi connectivity index (χ0n) is 13.0. The number of amides is 1. The highest BCUT2D eigenvalue weighted by atomic mass is 32.2. The summed E-state index contributed by atoms with van der Waals surface area (Å²) in [5.74, 6) is -1.07. The number of pyridine rings is 1. The van der Waals surface area contributed by atoms with Crippen molar-refractivity contribution >= 4 is 21.7 Å². The molecule has 8 heteroatoms. The van der Waals surface area contributed by atoms with Crippen LogP contribution in [-0.2, 0) is 10.0 Å². The fourth-order valence-electron chi connectivity index (χ4n) is 2.30. The van der Waals surface area contributed by atoms with E-state index in [1.807, 2.05) is 6.92 Å². The third-order valence-electron chi connectivity index (χ3n) is 3.78. The van der Waals surface area contributed by atoms with Gasteiger partial charge in [-0.05, 0) is 49.2 Å². The van der Waals surface area contributed by atoms with Crippen molar-refractivity contribution in [2.45, 2.75) is 18.2 Å². The lowest BCUT2D eigenvalue weighted by Gasteiger charge is -2.29. The Morgan fingerprint density at radius 3 is 2.62 bits per heavy atom. The number of nitrogens with zero attached hydrogens (tertiary/aromatic N) is 2. The standard InChI is InChI=1S/C16H16FN3O3S/c1-11-5-6-18-15(9-11)19-16(21)12-3-4-13(17)14(10-12)24(22,23)20-7-2-8-20/h3-6,9-10H,2,7-8H2,1H3,(H,18,19,21). The molecule has 1 saturated heterocycles. The highest BCUT2D eigenvalue weighted by molar-refractivity contribution is 7.89. The molecule has 3 rings (SSSR count). The molecule has 0 unspecified atom stereocenters. The molecule has 2 heterocycles. The Kier molecular flexibility index (Phi) is 4.33. The van der Waals surface area contributed by atoms with Crippen LogP contribution in [0.1, 0.15) is 22.3 Å². The molecule has 0 atom stereocenters. The van der Waals surface area contributed by atoms with E-state index in [4.69, 9.17) is 0 Å². The monoisotopic (exact) mass is 349 g/mol. The van der Waals surface area contributed by atoms with E-state index >= 15 is 0 Å². The van der Waals surface area contributed by atoms with E-state index in [2.05, 4.69) is 10.3 Å². The second-order valence-electron chi connectivity index (χ2n) is 5.58. The lowest BCUT2D eigenvalue weighted by molar-refractivity contribution is 0.102. The summed E-state index contributed by atoms with van der Waals surface area (Å²) in [5, 5.41) is 2.57. The summed E-state index contributed by atoms with van der Waals surface area (Å²) in [6, 6.07) is 6.76. The van der Waals surface area contributed by atoms with Crippen LogP contribution in [0.3, 0.4) is 0 Å². The van der Waals surface area contributed by atoms with Gasteiger partial charge in [0.15, 0.2) is 0 Å². The van der Waals surface area contributed by atoms with Gasteiger partial charge in [-0.15, -0.1) is 0 Å². The Balaban J connectivity index is 1.89. The van der Waals surface area contributed by atoms with Crippen molar-refractivity contribution in [3.63, 3.8) is 0 Å². The maximum absolute atomic E-state index is 14.0. The van der Waals surface area contributed by atoms with Crippen LogP contribution < -0.4 is 5.32 Å². The number of anilines is 1. The predicted octanol–water partition coefficient (Wildman–Crippen LogP) is 2.18. The van der Waals surface area contributed by atoms with Crippen molar-refractivity contribution in [1.29, 1.82) is 0 Å². The molecule has 1 aromatic heterocycles. The molecular weight excluding hydrogens is 333 g/mol. The molecular formula is C16H16FN3O3S. The molecule has 1 aliphatic heterocycles. The maximum atomic E-state index is 14.0. The van der Waals surface area contributed by atoms with Crippen molar-refractivity contribution < 1.29 is 17.6 Å². The molecule has 0 aliphatic carbocycles. The van der Waals surface area contributed by atoms with Crippen molar-refractivity contribution in [2.75, 3.05) is 18.4 Å². The van der Waals surface area contributed by atoms with Gasteiger partial charge in [0.25, 0.3) is 5.91 Å². The average molecular weight is 349 g/mol. The maximum Gasteiger partial charge on any atom is 0.256 e. The fourth-order valence-corrected chi connectivity index (χ4v) is 3.91. The van der Waals surface area contributed by atoms with Crippen LogP contribution in [0.2, 0.25) is 0 Å². The molecule has 1 aliphatic rings. The van der Waals surface area contributed by atoms with Crippen LogP contribution in [0.15, 0.2) is 41.4 Å². The molecule has 6 nitrogen and oxygen atoms in total. The van der Waals surface area contributed by atoms with Crippen LogP contribution >= 0.6 is 0 Å². The number of hydrogen-bond donors (Lipinski definition) is 1. The molecule has 1 fully saturated rings. The molecule has 126 valence electrons. The van der Waals surface area contributed by atoms with Crippen LogP contribution in [0.4, 0.5) is 10.2 Å². The summed E-state index contributed by atoms with van der Waals surface area (Å²) in [4.78, 5) is 15.8. The zero-order valence-corrected chi connectivity index (χ0v) is 13.8. The number of hydrogen-bond acceptors (Lipinski definition) is 4. The lowest BCUT2D eigenvalue weighted by Crippen LogP contribution is -2.42. The number of aromatic nitrogens is 1. The molecule has 2 aromatic rings. The number of sulfonamides is 1. The molecule has 0 bridgehead atoms. The van der Waals surface area contributed by atoms with Crippen molar-refractivity contribution in [3.05, 3.63) is 53.5 Å². The van der Waals surface area contributed by atoms with Gasteiger partial charge < -0.3 is 5.32 Å². The van der Waals surface area contributed by atoms with E-state index in [-0.39, 0.29) is 5.56 Å². The second kappa shape index (κ2) is 6.29. The molecule has 1 aromatic carbocycles. The summed E-state index contributed by atoms with van der Waals surface area (Å²) in [6.07, 6.45) is 2.30. The smallest absolute Gasteiger partial charge is 0.256 e. The summed E-state index contributed by atoms with van der Waals surface area (Å²) in [5.41, 5.74) is 0.972. The van der Waals surface area contributed by atoms with Crippen LogP contribution in [0, 0.1) is 12.7 Å². The van der Waals surface area contributed by atoms with Crippen LogP contribution in [-0.4, -0.2) is 36.7 Å². The van der Waals surface area contributed by atoms with Gasteiger partial charge in [-0.1, -0.05) is 0 Å². The minimum atomic E-state index is -3.91. The molecule has 0 saturated carbocycles. The van der Waals surface area contributed by atoms with E-state index in [0.29, 0.717) is 18.9 Å². The van der Waals surface area contributed by atoms with E-state index in [1.54, 1.807) is 18.3 Å². The van der Waals surface area contributed by atoms with Crippen molar-refractivity contribution in [1.82, 2.24) is 9.29 Å². The third kappa shape index (κ3) is 3.15. The molecule has 0 spiro atoms. The topological polar surface area (TPSA) is 79.4 Å². The number of aryl methyl sites for hydroxylation is 1. The van der Waals surface area contributed by atoms with Gasteiger partial charge in [-0.25, -0.2) is 17.8 Å². The summed E-state index contributed by atoms with van der Waals surface area (Å²) in [7, 11) is -3.91. The van der Waals surface area contributed by atoms with Gasteiger partial charge in [0.1, 0.15) is 16.5 Å². The number of benzene rings is 1. The first-order valence-electron chi connectivity index (χ1n) is 7.41. The zero-order chi connectivity index (χ0) is 17.3.